The average Bonchev–Trinajstić information content (AvgIpc) is 2.93. The highest BCUT2D eigenvalue weighted by Crippen LogP contribution is 2.18. The summed E-state index contributed by atoms with van der Waals surface area (Å²) < 4.78 is 2.31. The Morgan fingerprint density at radius 2 is 1.95 bits per heavy atom. The van der Waals surface area contributed by atoms with Gasteiger partial charge in [-0.2, -0.15) is 0 Å². The van der Waals surface area contributed by atoms with Crippen LogP contribution < -0.4 is 5.32 Å². The molecule has 0 atom stereocenters. The third-order valence-corrected chi connectivity index (χ3v) is 4.58. The van der Waals surface area contributed by atoms with Gasteiger partial charge in [-0.1, -0.05) is 43.0 Å². The lowest BCUT2D eigenvalue weighted by Crippen LogP contribution is -2.31. The minimum Gasteiger partial charge on any atom is -0.346 e. The lowest BCUT2D eigenvalue weighted by Gasteiger charge is -2.23. The Bertz CT molecular complexity index is 570. The van der Waals surface area contributed by atoms with Crippen molar-refractivity contribution in [1.29, 1.82) is 0 Å². The van der Waals surface area contributed by atoms with Gasteiger partial charge in [0, 0.05) is 36.0 Å². The normalized spacial score (nSPS) is 16.2. The lowest BCUT2D eigenvalue weighted by atomic mass is 9.95. The SMILES string of the molecule is Clc1cccc(Cn2cccc2CNC2CCCCC2)c1. The molecule has 21 heavy (non-hydrogen) atoms. The number of rotatable bonds is 5. The first kappa shape index (κ1) is 14.7. The van der Waals surface area contributed by atoms with Crippen LogP contribution in [-0.2, 0) is 13.1 Å². The molecule has 0 unspecified atom stereocenters. The van der Waals surface area contributed by atoms with Crippen molar-refractivity contribution in [3.8, 4) is 0 Å². The van der Waals surface area contributed by atoms with E-state index in [0.717, 1.165) is 18.1 Å². The topological polar surface area (TPSA) is 17.0 Å². The molecule has 1 saturated carbocycles. The summed E-state index contributed by atoms with van der Waals surface area (Å²) in [5.41, 5.74) is 2.60. The first-order valence-electron chi connectivity index (χ1n) is 7.93. The summed E-state index contributed by atoms with van der Waals surface area (Å²) in [6, 6.07) is 13.1. The van der Waals surface area contributed by atoms with Gasteiger partial charge in [0.15, 0.2) is 0 Å². The van der Waals surface area contributed by atoms with E-state index in [0.29, 0.717) is 6.04 Å². The van der Waals surface area contributed by atoms with Crippen molar-refractivity contribution in [2.45, 2.75) is 51.2 Å². The fraction of sp³-hybridized carbons (Fsp3) is 0.444. The van der Waals surface area contributed by atoms with Gasteiger partial charge >= 0.3 is 0 Å². The van der Waals surface area contributed by atoms with E-state index in [1.807, 2.05) is 18.2 Å². The standard InChI is InChI=1S/C18H23ClN2/c19-16-7-4-6-15(12-16)14-21-11-5-10-18(21)13-20-17-8-2-1-3-9-17/h4-7,10-12,17,20H,1-3,8-9,13-14H2. The Morgan fingerprint density at radius 1 is 1.10 bits per heavy atom. The molecule has 0 saturated heterocycles. The summed E-state index contributed by atoms with van der Waals surface area (Å²) in [4.78, 5) is 0. The first-order chi connectivity index (χ1) is 10.3. The van der Waals surface area contributed by atoms with Gasteiger partial charge in [-0.05, 0) is 42.7 Å². The quantitative estimate of drug-likeness (QED) is 0.853. The van der Waals surface area contributed by atoms with Crippen LogP contribution in [0.4, 0.5) is 0 Å². The van der Waals surface area contributed by atoms with Crippen molar-refractivity contribution in [3.63, 3.8) is 0 Å². The second-order valence-electron chi connectivity index (χ2n) is 5.97. The molecule has 0 aliphatic heterocycles. The van der Waals surface area contributed by atoms with E-state index in [4.69, 9.17) is 11.6 Å². The highest BCUT2D eigenvalue weighted by molar-refractivity contribution is 6.30. The van der Waals surface area contributed by atoms with Gasteiger partial charge in [-0.3, -0.25) is 0 Å². The second-order valence-corrected chi connectivity index (χ2v) is 6.41. The van der Waals surface area contributed by atoms with Gasteiger partial charge in [0.2, 0.25) is 0 Å². The molecule has 3 rings (SSSR count). The van der Waals surface area contributed by atoms with E-state index in [1.165, 1.54) is 43.4 Å². The van der Waals surface area contributed by atoms with Gasteiger partial charge in [-0.15, -0.1) is 0 Å². The third kappa shape index (κ3) is 4.12. The zero-order valence-corrected chi connectivity index (χ0v) is 13.1. The molecule has 0 bridgehead atoms. The number of hydrogen-bond donors (Lipinski definition) is 1. The molecule has 1 aliphatic rings. The Morgan fingerprint density at radius 3 is 2.76 bits per heavy atom. The number of hydrogen-bond acceptors (Lipinski definition) is 1. The van der Waals surface area contributed by atoms with Crippen molar-refractivity contribution >= 4 is 11.6 Å². The molecule has 1 aliphatic carbocycles. The summed E-state index contributed by atoms with van der Waals surface area (Å²) >= 11 is 6.07. The van der Waals surface area contributed by atoms with Crippen molar-refractivity contribution in [1.82, 2.24) is 9.88 Å². The van der Waals surface area contributed by atoms with Crippen LogP contribution in [0.1, 0.15) is 43.4 Å². The van der Waals surface area contributed by atoms with E-state index in [1.54, 1.807) is 0 Å². The van der Waals surface area contributed by atoms with Crippen LogP contribution in [0.25, 0.3) is 0 Å². The summed E-state index contributed by atoms with van der Waals surface area (Å²) in [5.74, 6) is 0. The molecule has 0 amide bonds. The van der Waals surface area contributed by atoms with E-state index < -0.39 is 0 Å². The monoisotopic (exact) mass is 302 g/mol. The van der Waals surface area contributed by atoms with Crippen LogP contribution in [0, 0.1) is 0 Å². The fourth-order valence-corrected chi connectivity index (χ4v) is 3.36. The molecular weight excluding hydrogens is 280 g/mol. The number of aromatic nitrogens is 1. The first-order valence-corrected chi connectivity index (χ1v) is 8.31. The number of nitrogens with zero attached hydrogens (tertiary/aromatic N) is 1. The smallest absolute Gasteiger partial charge is 0.0473 e. The minimum atomic E-state index is 0.702. The maximum absolute atomic E-state index is 6.07. The fourth-order valence-electron chi connectivity index (χ4n) is 3.15. The molecule has 1 heterocycles. The molecule has 1 N–H and O–H groups in total. The van der Waals surface area contributed by atoms with Crippen LogP contribution in [0.2, 0.25) is 5.02 Å². The highest BCUT2D eigenvalue weighted by atomic mass is 35.5. The summed E-state index contributed by atoms with van der Waals surface area (Å²) in [6.07, 6.45) is 8.97. The van der Waals surface area contributed by atoms with Gasteiger partial charge in [-0.25, -0.2) is 0 Å². The van der Waals surface area contributed by atoms with Gasteiger partial charge < -0.3 is 9.88 Å². The number of benzene rings is 1. The van der Waals surface area contributed by atoms with Crippen LogP contribution >= 0.6 is 11.6 Å². The Balaban J connectivity index is 1.60. The van der Waals surface area contributed by atoms with E-state index in [-0.39, 0.29) is 0 Å². The zero-order chi connectivity index (χ0) is 14.5. The van der Waals surface area contributed by atoms with Crippen molar-refractivity contribution < 1.29 is 0 Å². The minimum absolute atomic E-state index is 0.702. The Labute approximate surface area is 132 Å². The lowest BCUT2D eigenvalue weighted by molar-refractivity contribution is 0.369. The Kier molecular flexibility index (Phi) is 5.00. The molecule has 1 aromatic carbocycles. The molecule has 112 valence electrons. The van der Waals surface area contributed by atoms with E-state index >= 15 is 0 Å². The summed E-state index contributed by atoms with van der Waals surface area (Å²) in [6.45, 7) is 1.84. The molecule has 1 fully saturated rings. The molecule has 2 aromatic rings. The molecular formula is C18H23ClN2. The number of halogens is 1. The van der Waals surface area contributed by atoms with Crippen LogP contribution in [-0.4, -0.2) is 10.6 Å². The van der Waals surface area contributed by atoms with Crippen molar-refractivity contribution in [2.24, 2.45) is 0 Å². The molecule has 2 nitrogen and oxygen atoms in total. The third-order valence-electron chi connectivity index (χ3n) is 4.34. The molecule has 0 radical (unpaired) electrons. The van der Waals surface area contributed by atoms with Crippen LogP contribution in [0.15, 0.2) is 42.6 Å². The van der Waals surface area contributed by atoms with E-state index in [2.05, 4.69) is 34.3 Å². The summed E-state index contributed by atoms with van der Waals surface area (Å²) in [7, 11) is 0. The van der Waals surface area contributed by atoms with Gasteiger partial charge in [0.25, 0.3) is 0 Å². The average molecular weight is 303 g/mol. The maximum Gasteiger partial charge on any atom is 0.0473 e. The maximum atomic E-state index is 6.07. The van der Waals surface area contributed by atoms with Gasteiger partial charge in [0.05, 0.1) is 0 Å². The Hall–Kier alpha value is -1.25. The molecule has 0 spiro atoms. The van der Waals surface area contributed by atoms with Crippen LogP contribution in [0.3, 0.4) is 0 Å². The predicted octanol–water partition coefficient (Wildman–Crippen LogP) is 4.61. The van der Waals surface area contributed by atoms with Crippen LogP contribution in [0.5, 0.6) is 0 Å². The van der Waals surface area contributed by atoms with Crippen molar-refractivity contribution in [2.75, 3.05) is 0 Å². The predicted molar refractivity (Wildman–Crippen MR) is 88.7 cm³/mol. The highest BCUT2D eigenvalue weighted by Gasteiger charge is 2.13. The summed E-state index contributed by atoms with van der Waals surface area (Å²) in [5, 5.41) is 4.52. The zero-order valence-electron chi connectivity index (χ0n) is 12.4. The van der Waals surface area contributed by atoms with Crippen molar-refractivity contribution in [3.05, 3.63) is 58.9 Å². The van der Waals surface area contributed by atoms with E-state index in [9.17, 15) is 0 Å². The van der Waals surface area contributed by atoms with Gasteiger partial charge in [0.1, 0.15) is 0 Å². The molecule has 1 aromatic heterocycles. The number of nitrogens with one attached hydrogen (secondary N) is 1. The second kappa shape index (κ2) is 7.15. The largest absolute Gasteiger partial charge is 0.346 e. The molecule has 3 heteroatoms.